The molecule has 16 heavy (non-hydrogen) atoms. The molecule has 4 heteroatoms. The SMILES string of the molecule is OPCc1ccc(-c2cccc(F)c2)cn1. The lowest BCUT2D eigenvalue weighted by Gasteiger charge is -2.02. The maximum Gasteiger partial charge on any atom is 0.123 e. The average molecular weight is 235 g/mol. The molecular formula is C12H11FNOP. The first-order valence-corrected chi connectivity index (χ1v) is 6.03. The predicted octanol–water partition coefficient (Wildman–Crippen LogP) is 2.97. The Kier molecular flexibility index (Phi) is 3.60. The number of pyridine rings is 1. The molecule has 0 saturated heterocycles. The lowest BCUT2D eigenvalue weighted by molar-refractivity contribution is 0.628. The van der Waals surface area contributed by atoms with Gasteiger partial charge in [0.15, 0.2) is 0 Å². The van der Waals surface area contributed by atoms with Gasteiger partial charge in [0.25, 0.3) is 0 Å². The molecule has 1 aromatic heterocycles. The van der Waals surface area contributed by atoms with E-state index in [1.165, 1.54) is 12.1 Å². The molecule has 1 aromatic carbocycles. The quantitative estimate of drug-likeness (QED) is 0.829. The van der Waals surface area contributed by atoms with Gasteiger partial charge < -0.3 is 4.89 Å². The van der Waals surface area contributed by atoms with Gasteiger partial charge in [0, 0.05) is 32.4 Å². The molecule has 0 aliphatic carbocycles. The third kappa shape index (κ3) is 2.63. The summed E-state index contributed by atoms with van der Waals surface area (Å²) in [5.74, 6) is -0.251. The highest BCUT2D eigenvalue weighted by molar-refractivity contribution is 7.30. The van der Waals surface area contributed by atoms with Crippen LogP contribution < -0.4 is 0 Å². The van der Waals surface area contributed by atoms with Crippen LogP contribution in [0.4, 0.5) is 4.39 Å². The first kappa shape index (κ1) is 11.2. The van der Waals surface area contributed by atoms with Crippen LogP contribution in [0.15, 0.2) is 42.6 Å². The minimum Gasteiger partial charge on any atom is -0.377 e. The van der Waals surface area contributed by atoms with E-state index in [1.54, 1.807) is 12.3 Å². The standard InChI is InChI=1S/C12H11FNOP/c13-11-3-1-2-9(6-11)10-4-5-12(8-16-15)14-7-10/h1-7,15-16H,8H2. The minimum atomic E-state index is -0.251. The van der Waals surface area contributed by atoms with Crippen molar-refractivity contribution in [2.45, 2.75) is 6.16 Å². The third-order valence-corrected chi connectivity index (χ3v) is 2.76. The van der Waals surface area contributed by atoms with Crippen LogP contribution in [0.25, 0.3) is 11.1 Å². The van der Waals surface area contributed by atoms with Crippen LogP contribution in [0.5, 0.6) is 0 Å². The molecule has 0 amide bonds. The molecule has 1 atom stereocenters. The van der Waals surface area contributed by atoms with E-state index < -0.39 is 0 Å². The zero-order chi connectivity index (χ0) is 11.4. The number of benzene rings is 1. The molecule has 0 bridgehead atoms. The van der Waals surface area contributed by atoms with E-state index in [4.69, 9.17) is 4.89 Å². The van der Waals surface area contributed by atoms with Gasteiger partial charge in [-0.1, -0.05) is 18.2 Å². The molecule has 2 aromatic rings. The van der Waals surface area contributed by atoms with Crippen molar-refractivity contribution in [2.75, 3.05) is 0 Å². The Hall–Kier alpha value is -1.31. The summed E-state index contributed by atoms with van der Waals surface area (Å²) >= 11 is 0. The summed E-state index contributed by atoms with van der Waals surface area (Å²) in [5, 5.41) is 0. The van der Waals surface area contributed by atoms with Gasteiger partial charge >= 0.3 is 0 Å². The topological polar surface area (TPSA) is 33.1 Å². The summed E-state index contributed by atoms with van der Waals surface area (Å²) in [6.45, 7) is 0. The smallest absolute Gasteiger partial charge is 0.123 e. The number of nitrogens with zero attached hydrogens (tertiary/aromatic N) is 1. The summed E-state index contributed by atoms with van der Waals surface area (Å²) < 4.78 is 13.0. The zero-order valence-electron chi connectivity index (χ0n) is 8.52. The van der Waals surface area contributed by atoms with Crippen molar-refractivity contribution in [3.05, 3.63) is 54.1 Å². The van der Waals surface area contributed by atoms with Crippen molar-refractivity contribution in [1.29, 1.82) is 0 Å². The summed E-state index contributed by atoms with van der Waals surface area (Å²) in [6.07, 6.45) is 2.27. The second kappa shape index (κ2) is 5.15. The lowest BCUT2D eigenvalue weighted by Crippen LogP contribution is -1.87. The summed E-state index contributed by atoms with van der Waals surface area (Å²) in [4.78, 5) is 13.0. The van der Waals surface area contributed by atoms with E-state index in [-0.39, 0.29) is 14.6 Å². The van der Waals surface area contributed by atoms with E-state index in [9.17, 15) is 4.39 Å². The van der Waals surface area contributed by atoms with Crippen molar-refractivity contribution in [3.63, 3.8) is 0 Å². The number of aromatic nitrogens is 1. The van der Waals surface area contributed by atoms with E-state index in [0.717, 1.165) is 16.8 Å². The zero-order valence-corrected chi connectivity index (χ0v) is 9.52. The maximum absolute atomic E-state index is 13.0. The Balaban J connectivity index is 2.27. The van der Waals surface area contributed by atoms with E-state index >= 15 is 0 Å². The monoisotopic (exact) mass is 235 g/mol. The number of hydrogen-bond acceptors (Lipinski definition) is 2. The highest BCUT2D eigenvalue weighted by atomic mass is 31.1. The number of rotatable bonds is 3. The van der Waals surface area contributed by atoms with Crippen LogP contribution >= 0.6 is 8.81 Å². The van der Waals surface area contributed by atoms with Crippen LogP contribution in [-0.2, 0) is 6.16 Å². The molecule has 2 rings (SSSR count). The fraction of sp³-hybridized carbons (Fsp3) is 0.0833. The van der Waals surface area contributed by atoms with Crippen molar-refractivity contribution in [1.82, 2.24) is 4.98 Å². The van der Waals surface area contributed by atoms with Crippen LogP contribution in [0.2, 0.25) is 0 Å². The van der Waals surface area contributed by atoms with Crippen molar-refractivity contribution in [3.8, 4) is 11.1 Å². The molecule has 82 valence electrons. The molecule has 0 spiro atoms. The number of halogens is 1. The van der Waals surface area contributed by atoms with Crippen molar-refractivity contribution in [2.24, 2.45) is 0 Å². The van der Waals surface area contributed by atoms with Gasteiger partial charge in [-0.25, -0.2) is 4.39 Å². The first-order chi connectivity index (χ1) is 7.79. The minimum absolute atomic E-state index is 0.126. The van der Waals surface area contributed by atoms with Gasteiger partial charge in [-0.3, -0.25) is 4.98 Å². The van der Waals surface area contributed by atoms with E-state index in [1.807, 2.05) is 18.2 Å². The van der Waals surface area contributed by atoms with Crippen LogP contribution in [-0.4, -0.2) is 9.88 Å². The molecule has 1 unspecified atom stereocenters. The highest BCUT2D eigenvalue weighted by Gasteiger charge is 2.00. The summed E-state index contributed by atoms with van der Waals surface area (Å²) in [7, 11) is -0.126. The number of hydrogen-bond donors (Lipinski definition) is 1. The second-order valence-electron chi connectivity index (χ2n) is 3.38. The van der Waals surface area contributed by atoms with Crippen LogP contribution in [0.1, 0.15) is 5.69 Å². The van der Waals surface area contributed by atoms with Crippen molar-refractivity contribution >= 4 is 8.81 Å². The summed E-state index contributed by atoms with van der Waals surface area (Å²) in [6, 6.07) is 10.1. The Morgan fingerprint density at radius 2 is 2.06 bits per heavy atom. The Labute approximate surface area is 95.0 Å². The molecule has 1 N–H and O–H groups in total. The summed E-state index contributed by atoms with van der Waals surface area (Å²) in [5.41, 5.74) is 2.54. The largest absolute Gasteiger partial charge is 0.377 e. The maximum atomic E-state index is 13.0. The average Bonchev–Trinajstić information content (AvgIpc) is 2.30. The third-order valence-electron chi connectivity index (χ3n) is 2.24. The van der Waals surface area contributed by atoms with Crippen LogP contribution in [0, 0.1) is 5.82 Å². The molecule has 1 heterocycles. The predicted molar refractivity (Wildman–Crippen MR) is 63.9 cm³/mol. The van der Waals surface area contributed by atoms with E-state index in [2.05, 4.69) is 4.98 Å². The van der Waals surface area contributed by atoms with Gasteiger partial charge in [0.05, 0.1) is 0 Å². The highest BCUT2D eigenvalue weighted by Crippen LogP contribution is 2.20. The van der Waals surface area contributed by atoms with E-state index in [0.29, 0.717) is 6.16 Å². The fourth-order valence-electron chi connectivity index (χ4n) is 1.45. The molecule has 2 nitrogen and oxygen atoms in total. The van der Waals surface area contributed by atoms with Gasteiger partial charge in [0.1, 0.15) is 5.82 Å². The van der Waals surface area contributed by atoms with Crippen LogP contribution in [0.3, 0.4) is 0 Å². The van der Waals surface area contributed by atoms with Gasteiger partial charge in [-0.15, -0.1) is 0 Å². The molecule has 0 aliphatic heterocycles. The Morgan fingerprint density at radius 3 is 2.69 bits per heavy atom. The molecular weight excluding hydrogens is 224 g/mol. The Bertz CT molecular complexity index is 473. The van der Waals surface area contributed by atoms with Crippen molar-refractivity contribution < 1.29 is 9.28 Å². The second-order valence-corrected chi connectivity index (χ2v) is 4.05. The fourth-order valence-corrected chi connectivity index (χ4v) is 1.82. The Morgan fingerprint density at radius 1 is 1.19 bits per heavy atom. The molecule has 0 radical (unpaired) electrons. The molecule has 0 saturated carbocycles. The van der Waals surface area contributed by atoms with Gasteiger partial charge in [-0.05, 0) is 23.8 Å². The first-order valence-electron chi connectivity index (χ1n) is 4.87. The lowest BCUT2D eigenvalue weighted by atomic mass is 10.1. The molecule has 0 fully saturated rings. The normalized spacial score (nSPS) is 11.1. The van der Waals surface area contributed by atoms with Gasteiger partial charge in [-0.2, -0.15) is 0 Å². The van der Waals surface area contributed by atoms with Gasteiger partial charge in [0.2, 0.25) is 0 Å². The molecule has 0 aliphatic rings.